The van der Waals surface area contributed by atoms with Crippen LogP contribution in [0.15, 0.2) is 34.8 Å². The number of thiophene rings is 1. The van der Waals surface area contributed by atoms with Gasteiger partial charge in [0, 0.05) is 15.3 Å². The predicted octanol–water partition coefficient (Wildman–Crippen LogP) is 5.08. The van der Waals surface area contributed by atoms with Gasteiger partial charge in [-0.05, 0) is 49.1 Å². The number of hydrogen-bond acceptors (Lipinski definition) is 2. The molecule has 0 unspecified atom stereocenters. The number of Topliss-reactive ketones (excluding diaryl/α,β-unsaturated/α-hetero) is 1. The number of carbonyl (C=O) groups is 1. The van der Waals surface area contributed by atoms with Crippen LogP contribution in [0.3, 0.4) is 0 Å². The van der Waals surface area contributed by atoms with Gasteiger partial charge >= 0.3 is 0 Å². The Kier molecular flexibility index (Phi) is 3.12. The zero-order valence-electron chi connectivity index (χ0n) is 10.1. The minimum Gasteiger partial charge on any atom is -0.293 e. The molecule has 0 radical (unpaired) electrons. The quantitative estimate of drug-likeness (QED) is 0.721. The Labute approximate surface area is 119 Å². The minimum absolute atomic E-state index is 0.307. The van der Waals surface area contributed by atoms with Crippen LogP contribution < -0.4 is 0 Å². The molecule has 92 valence electrons. The molecule has 3 heteroatoms. The summed E-state index contributed by atoms with van der Waals surface area (Å²) in [7, 11) is 0. The Morgan fingerprint density at radius 3 is 2.72 bits per heavy atom. The van der Waals surface area contributed by atoms with E-state index in [0.717, 1.165) is 22.2 Å². The van der Waals surface area contributed by atoms with Crippen LogP contribution in [-0.2, 0) is 0 Å². The molecule has 0 bridgehead atoms. The van der Waals surface area contributed by atoms with Crippen molar-refractivity contribution in [2.75, 3.05) is 0 Å². The molecule has 1 aliphatic rings. The van der Waals surface area contributed by atoms with Crippen molar-refractivity contribution in [1.82, 2.24) is 0 Å². The van der Waals surface area contributed by atoms with Crippen LogP contribution in [0.1, 0.15) is 28.1 Å². The highest BCUT2D eigenvalue weighted by Gasteiger charge is 2.31. The third-order valence-electron chi connectivity index (χ3n) is 3.25. The molecule has 1 heterocycles. The van der Waals surface area contributed by atoms with Gasteiger partial charge in [-0.1, -0.05) is 28.1 Å². The van der Waals surface area contributed by atoms with E-state index in [1.807, 2.05) is 6.07 Å². The summed E-state index contributed by atoms with van der Waals surface area (Å²) >= 11 is 5.16. The molecular formula is C15H13BrOS. The van der Waals surface area contributed by atoms with Gasteiger partial charge in [0.05, 0.1) is 4.88 Å². The molecule has 1 aliphatic carbocycles. The molecule has 3 rings (SSSR count). The monoisotopic (exact) mass is 320 g/mol. The standard InChI is InChI=1S/C15H13BrOS/c1-9-2-3-11(8-12(9)16)13-6-7-14(18-13)15(17)10-4-5-10/h2-3,6-8,10H,4-5H2,1H3. The summed E-state index contributed by atoms with van der Waals surface area (Å²) in [6.07, 6.45) is 2.14. The van der Waals surface area contributed by atoms with Gasteiger partial charge in [0.2, 0.25) is 0 Å². The Balaban J connectivity index is 1.92. The number of aryl methyl sites for hydroxylation is 1. The van der Waals surface area contributed by atoms with Crippen LogP contribution in [0.5, 0.6) is 0 Å². The van der Waals surface area contributed by atoms with Crippen molar-refractivity contribution in [3.8, 4) is 10.4 Å². The highest BCUT2D eigenvalue weighted by molar-refractivity contribution is 9.10. The van der Waals surface area contributed by atoms with E-state index in [0.29, 0.717) is 11.7 Å². The van der Waals surface area contributed by atoms with Crippen LogP contribution in [0.25, 0.3) is 10.4 Å². The number of halogens is 1. The molecule has 1 nitrogen and oxygen atoms in total. The average molecular weight is 321 g/mol. The molecular weight excluding hydrogens is 308 g/mol. The van der Waals surface area contributed by atoms with Gasteiger partial charge in [0.15, 0.2) is 5.78 Å². The summed E-state index contributed by atoms with van der Waals surface area (Å²) in [5, 5.41) is 0. The Bertz CT molecular complexity index is 611. The summed E-state index contributed by atoms with van der Waals surface area (Å²) in [4.78, 5) is 14.0. The lowest BCUT2D eigenvalue weighted by atomic mass is 10.1. The molecule has 0 amide bonds. The Morgan fingerprint density at radius 1 is 1.28 bits per heavy atom. The van der Waals surface area contributed by atoms with Crippen molar-refractivity contribution >= 4 is 33.0 Å². The van der Waals surface area contributed by atoms with Crippen LogP contribution in [-0.4, -0.2) is 5.78 Å². The van der Waals surface area contributed by atoms with Gasteiger partial charge < -0.3 is 0 Å². The zero-order valence-corrected chi connectivity index (χ0v) is 12.5. The smallest absolute Gasteiger partial charge is 0.175 e. The number of carbonyl (C=O) groups excluding carboxylic acids is 1. The van der Waals surface area contributed by atoms with Crippen LogP contribution in [0.2, 0.25) is 0 Å². The van der Waals surface area contributed by atoms with E-state index < -0.39 is 0 Å². The SMILES string of the molecule is Cc1ccc(-c2ccc(C(=O)C3CC3)s2)cc1Br. The van der Waals surface area contributed by atoms with Crippen molar-refractivity contribution < 1.29 is 4.79 Å². The first kappa shape index (κ1) is 12.1. The molecule has 0 aliphatic heterocycles. The maximum atomic E-state index is 12.0. The zero-order chi connectivity index (χ0) is 12.7. The third-order valence-corrected chi connectivity index (χ3v) is 5.26. The molecule has 0 saturated heterocycles. The molecule has 18 heavy (non-hydrogen) atoms. The van der Waals surface area contributed by atoms with Gasteiger partial charge in [-0.15, -0.1) is 11.3 Å². The fourth-order valence-corrected chi connectivity index (χ4v) is 3.32. The molecule has 1 saturated carbocycles. The topological polar surface area (TPSA) is 17.1 Å². The van der Waals surface area contributed by atoms with Crippen molar-refractivity contribution in [1.29, 1.82) is 0 Å². The lowest BCUT2D eigenvalue weighted by Gasteiger charge is -2.01. The summed E-state index contributed by atoms with van der Waals surface area (Å²) in [5.41, 5.74) is 2.40. The second-order valence-corrected chi connectivity index (χ2v) is 6.70. The van der Waals surface area contributed by atoms with Gasteiger partial charge in [0.1, 0.15) is 0 Å². The first-order valence-electron chi connectivity index (χ1n) is 6.06. The summed E-state index contributed by atoms with van der Waals surface area (Å²) in [5.74, 6) is 0.638. The molecule has 0 atom stereocenters. The van der Waals surface area contributed by atoms with E-state index in [-0.39, 0.29) is 0 Å². The fourth-order valence-electron chi connectivity index (χ4n) is 1.92. The van der Waals surface area contributed by atoms with E-state index in [1.54, 1.807) is 11.3 Å². The molecule has 1 fully saturated rings. The normalized spacial score (nSPS) is 14.8. The van der Waals surface area contributed by atoms with Crippen molar-refractivity contribution in [2.45, 2.75) is 19.8 Å². The van der Waals surface area contributed by atoms with Gasteiger partial charge in [-0.2, -0.15) is 0 Å². The lowest BCUT2D eigenvalue weighted by molar-refractivity contribution is 0.0971. The third kappa shape index (κ3) is 2.29. The van der Waals surface area contributed by atoms with E-state index in [2.05, 4.69) is 47.1 Å². The van der Waals surface area contributed by atoms with Gasteiger partial charge in [-0.3, -0.25) is 4.79 Å². The number of rotatable bonds is 3. The van der Waals surface area contributed by atoms with E-state index in [1.165, 1.54) is 16.0 Å². The molecule has 0 spiro atoms. The molecule has 2 aromatic rings. The van der Waals surface area contributed by atoms with Crippen molar-refractivity contribution in [3.05, 3.63) is 45.2 Å². The van der Waals surface area contributed by atoms with Gasteiger partial charge in [0.25, 0.3) is 0 Å². The number of ketones is 1. The minimum atomic E-state index is 0.307. The van der Waals surface area contributed by atoms with Crippen molar-refractivity contribution in [2.24, 2.45) is 5.92 Å². The maximum Gasteiger partial charge on any atom is 0.175 e. The lowest BCUT2D eigenvalue weighted by Crippen LogP contribution is -1.96. The van der Waals surface area contributed by atoms with E-state index in [9.17, 15) is 4.79 Å². The van der Waals surface area contributed by atoms with Crippen molar-refractivity contribution in [3.63, 3.8) is 0 Å². The highest BCUT2D eigenvalue weighted by Crippen LogP contribution is 2.37. The summed E-state index contributed by atoms with van der Waals surface area (Å²) in [6, 6.07) is 10.3. The first-order valence-corrected chi connectivity index (χ1v) is 7.66. The Morgan fingerprint density at radius 2 is 2.06 bits per heavy atom. The predicted molar refractivity (Wildman–Crippen MR) is 79.2 cm³/mol. The van der Waals surface area contributed by atoms with Gasteiger partial charge in [-0.25, -0.2) is 0 Å². The Hall–Kier alpha value is -0.930. The summed E-state index contributed by atoms with van der Waals surface area (Å²) in [6.45, 7) is 2.07. The highest BCUT2D eigenvalue weighted by atomic mass is 79.9. The van der Waals surface area contributed by atoms with E-state index >= 15 is 0 Å². The van der Waals surface area contributed by atoms with Crippen LogP contribution >= 0.6 is 27.3 Å². The molecule has 0 N–H and O–H groups in total. The van der Waals surface area contributed by atoms with Crippen LogP contribution in [0.4, 0.5) is 0 Å². The molecule has 1 aromatic heterocycles. The molecule has 1 aromatic carbocycles. The van der Waals surface area contributed by atoms with E-state index in [4.69, 9.17) is 0 Å². The average Bonchev–Trinajstić information content (AvgIpc) is 3.09. The number of hydrogen-bond donors (Lipinski definition) is 0. The summed E-state index contributed by atoms with van der Waals surface area (Å²) < 4.78 is 1.11. The maximum absolute atomic E-state index is 12.0. The second kappa shape index (κ2) is 4.63. The fraction of sp³-hybridized carbons (Fsp3) is 0.267. The number of benzene rings is 1. The first-order chi connectivity index (χ1) is 8.65. The van der Waals surface area contributed by atoms with Crippen LogP contribution in [0, 0.1) is 12.8 Å². The largest absolute Gasteiger partial charge is 0.293 e. The second-order valence-electron chi connectivity index (χ2n) is 4.77.